The first kappa shape index (κ1) is 30.1. The molecule has 2 amide bonds. The van der Waals surface area contributed by atoms with Crippen molar-refractivity contribution in [2.45, 2.75) is 55.3 Å². The molecular weight excluding hydrogens is 558 g/mol. The summed E-state index contributed by atoms with van der Waals surface area (Å²) in [7, 11) is 0.302. The van der Waals surface area contributed by atoms with Crippen LogP contribution in [-0.2, 0) is 27.1 Å². The van der Waals surface area contributed by atoms with Crippen molar-refractivity contribution in [2.75, 3.05) is 46.4 Å². The zero-order valence-electron chi connectivity index (χ0n) is 23.9. The molecule has 3 N–H and O–H groups in total. The molecule has 0 saturated carbocycles. The Hall–Kier alpha value is -3.32. The minimum absolute atomic E-state index is 0.0434. The molecule has 0 aliphatic carbocycles. The predicted molar refractivity (Wildman–Crippen MR) is 157 cm³/mol. The van der Waals surface area contributed by atoms with Gasteiger partial charge in [-0.3, -0.25) is 14.5 Å². The standard InChI is InChI=1S/C30H39N5O6S/c1-32-29(37)27(8-4-15-36)35-20-26-25(30(35)38)7-3-9-28(26)40-16-14-33-18-23(19-33)41-22-5-2-6-24(17-22)42(39)34-12-10-21(31)11-13-34/h2-3,5-7,9,15,17,21,23,27H,4,8,10-14,16,18-20,31H2,1H3,(H,32,37). The smallest absolute Gasteiger partial charge is 0.255 e. The number of nitrogens with zero attached hydrogens (tertiary/aromatic N) is 3. The Bertz CT molecular complexity index is 1310. The Kier molecular flexibility index (Phi) is 9.88. The summed E-state index contributed by atoms with van der Waals surface area (Å²) < 4.78 is 27.2. The summed E-state index contributed by atoms with van der Waals surface area (Å²) in [6, 6.07) is 12.4. The molecule has 42 heavy (non-hydrogen) atoms. The van der Waals surface area contributed by atoms with E-state index in [0.717, 1.165) is 55.8 Å². The van der Waals surface area contributed by atoms with Crippen molar-refractivity contribution in [1.82, 2.24) is 19.4 Å². The molecule has 2 atom stereocenters. The highest BCUT2D eigenvalue weighted by Gasteiger charge is 2.37. The molecule has 3 heterocycles. The fourth-order valence-corrected chi connectivity index (χ4v) is 6.89. The second-order valence-electron chi connectivity index (χ2n) is 10.9. The van der Waals surface area contributed by atoms with Gasteiger partial charge in [0.1, 0.15) is 47.5 Å². The zero-order chi connectivity index (χ0) is 29.6. The first-order valence-corrected chi connectivity index (χ1v) is 15.6. The normalized spacial score (nSPS) is 19.6. The number of carbonyl (C=O) groups is 3. The van der Waals surface area contributed by atoms with E-state index in [1.165, 1.54) is 11.9 Å². The van der Waals surface area contributed by atoms with Crippen LogP contribution in [0.15, 0.2) is 47.4 Å². The highest BCUT2D eigenvalue weighted by Crippen LogP contribution is 2.33. The summed E-state index contributed by atoms with van der Waals surface area (Å²) in [5.74, 6) is 0.823. The molecule has 226 valence electrons. The maximum absolute atomic E-state index is 13.1. The van der Waals surface area contributed by atoms with E-state index in [-0.39, 0.29) is 43.3 Å². The quantitative estimate of drug-likeness (QED) is 0.330. The van der Waals surface area contributed by atoms with Crippen LogP contribution in [0.1, 0.15) is 41.6 Å². The van der Waals surface area contributed by atoms with Crippen molar-refractivity contribution < 1.29 is 28.1 Å². The van der Waals surface area contributed by atoms with Crippen LogP contribution in [0.2, 0.25) is 0 Å². The molecule has 0 aromatic heterocycles. The molecule has 0 bridgehead atoms. The number of rotatable bonds is 13. The Morgan fingerprint density at radius 3 is 2.69 bits per heavy atom. The molecular formula is C30H39N5O6S. The number of likely N-dealkylation sites (tertiary alicyclic amines) is 1. The third-order valence-electron chi connectivity index (χ3n) is 8.07. The van der Waals surface area contributed by atoms with Crippen molar-refractivity contribution >= 4 is 29.1 Å². The van der Waals surface area contributed by atoms with Gasteiger partial charge in [-0.1, -0.05) is 12.1 Å². The number of amides is 2. The molecule has 5 rings (SSSR count). The van der Waals surface area contributed by atoms with Gasteiger partial charge in [0, 0.05) is 63.4 Å². The van der Waals surface area contributed by atoms with Crippen LogP contribution in [0.25, 0.3) is 0 Å². The lowest BCUT2D eigenvalue weighted by molar-refractivity contribution is -0.125. The highest BCUT2D eigenvalue weighted by molar-refractivity contribution is 7.82. The first-order chi connectivity index (χ1) is 20.4. The Morgan fingerprint density at radius 1 is 1.19 bits per heavy atom. The fraction of sp³-hybridized carbons (Fsp3) is 0.500. The van der Waals surface area contributed by atoms with Crippen LogP contribution < -0.4 is 20.5 Å². The number of piperidine rings is 1. The van der Waals surface area contributed by atoms with E-state index in [4.69, 9.17) is 15.2 Å². The van der Waals surface area contributed by atoms with Gasteiger partial charge in [0.2, 0.25) is 5.91 Å². The summed E-state index contributed by atoms with van der Waals surface area (Å²) in [6.45, 7) is 4.37. The minimum atomic E-state index is -1.22. The minimum Gasteiger partial charge on any atom is -0.492 e. The second kappa shape index (κ2) is 13.8. The van der Waals surface area contributed by atoms with Crippen LogP contribution in [0.4, 0.5) is 0 Å². The summed E-state index contributed by atoms with van der Waals surface area (Å²) in [6.07, 6.45) is 2.98. The van der Waals surface area contributed by atoms with Gasteiger partial charge in [0.15, 0.2) is 0 Å². The van der Waals surface area contributed by atoms with E-state index in [1.54, 1.807) is 12.1 Å². The first-order valence-electron chi connectivity index (χ1n) is 14.5. The van der Waals surface area contributed by atoms with Crippen LogP contribution in [0, 0.1) is 0 Å². The average Bonchev–Trinajstić information content (AvgIpc) is 3.32. The Labute approximate surface area is 248 Å². The number of ether oxygens (including phenoxy) is 2. The Balaban J connectivity index is 1.09. The summed E-state index contributed by atoms with van der Waals surface area (Å²) >= 11 is 0. The third kappa shape index (κ3) is 6.83. The highest BCUT2D eigenvalue weighted by atomic mass is 32.2. The second-order valence-corrected chi connectivity index (χ2v) is 12.4. The molecule has 2 aromatic carbocycles. The van der Waals surface area contributed by atoms with Gasteiger partial charge in [0.25, 0.3) is 5.91 Å². The zero-order valence-corrected chi connectivity index (χ0v) is 24.7. The molecule has 0 radical (unpaired) electrons. The predicted octanol–water partition coefficient (Wildman–Crippen LogP) is 1.32. The van der Waals surface area contributed by atoms with Gasteiger partial charge in [-0.15, -0.1) is 0 Å². The number of likely N-dealkylation sites (N-methyl/N-ethyl adjacent to an activating group) is 1. The number of fused-ring (bicyclic) bond motifs is 1. The summed E-state index contributed by atoms with van der Waals surface area (Å²) in [5.41, 5.74) is 7.27. The number of benzene rings is 2. The van der Waals surface area contributed by atoms with Crippen molar-refractivity contribution in [3.05, 3.63) is 53.6 Å². The van der Waals surface area contributed by atoms with E-state index in [1.807, 2.05) is 34.6 Å². The number of nitrogens with two attached hydrogens (primary N) is 1. The maximum Gasteiger partial charge on any atom is 0.255 e. The molecule has 12 heteroatoms. The molecule has 2 fully saturated rings. The number of hydrogen-bond donors (Lipinski definition) is 2. The van der Waals surface area contributed by atoms with Gasteiger partial charge in [-0.05, 0) is 49.6 Å². The molecule has 3 aliphatic heterocycles. The molecule has 2 aromatic rings. The SMILES string of the molecule is CNC(=O)C(CCC=O)N1Cc2c(OCCN3CC(Oc4cccc(S(=O)N5CCC(N)CC5)c4)C3)cccc2C1=O. The van der Waals surface area contributed by atoms with Crippen LogP contribution >= 0.6 is 0 Å². The number of aldehydes is 1. The molecule has 2 saturated heterocycles. The summed E-state index contributed by atoms with van der Waals surface area (Å²) in [5, 5.41) is 2.60. The van der Waals surface area contributed by atoms with Crippen molar-refractivity contribution in [3.63, 3.8) is 0 Å². The van der Waals surface area contributed by atoms with Crippen LogP contribution in [0.3, 0.4) is 0 Å². The molecule has 11 nitrogen and oxygen atoms in total. The van der Waals surface area contributed by atoms with Gasteiger partial charge in [-0.2, -0.15) is 0 Å². The van der Waals surface area contributed by atoms with E-state index in [9.17, 15) is 18.6 Å². The Morgan fingerprint density at radius 2 is 1.95 bits per heavy atom. The average molecular weight is 598 g/mol. The number of carbonyl (C=O) groups excluding carboxylic acids is 3. The topological polar surface area (TPSA) is 135 Å². The number of hydrogen-bond acceptors (Lipinski definition) is 8. The van der Waals surface area contributed by atoms with E-state index in [0.29, 0.717) is 30.2 Å². The van der Waals surface area contributed by atoms with Gasteiger partial charge >= 0.3 is 0 Å². The lowest BCUT2D eigenvalue weighted by Gasteiger charge is -2.38. The van der Waals surface area contributed by atoms with Crippen molar-refractivity contribution in [3.8, 4) is 11.5 Å². The lowest BCUT2D eigenvalue weighted by Crippen LogP contribution is -2.54. The monoisotopic (exact) mass is 597 g/mol. The molecule has 2 unspecified atom stereocenters. The van der Waals surface area contributed by atoms with Crippen LogP contribution in [0.5, 0.6) is 11.5 Å². The van der Waals surface area contributed by atoms with Gasteiger partial charge in [-0.25, -0.2) is 8.51 Å². The fourth-order valence-electron chi connectivity index (χ4n) is 5.64. The number of nitrogens with one attached hydrogen (secondary N) is 1. The third-order valence-corrected chi connectivity index (χ3v) is 9.56. The van der Waals surface area contributed by atoms with Gasteiger partial charge in [0.05, 0.1) is 11.4 Å². The summed E-state index contributed by atoms with van der Waals surface area (Å²) in [4.78, 5) is 41.0. The largest absolute Gasteiger partial charge is 0.492 e. The van der Waals surface area contributed by atoms with Crippen molar-refractivity contribution in [1.29, 1.82) is 0 Å². The molecule has 0 spiro atoms. The lowest BCUT2D eigenvalue weighted by atomic mass is 10.1. The van der Waals surface area contributed by atoms with E-state index in [2.05, 4.69) is 10.2 Å². The van der Waals surface area contributed by atoms with Gasteiger partial charge < -0.3 is 30.2 Å². The molecule has 3 aliphatic rings. The van der Waals surface area contributed by atoms with Crippen LogP contribution in [-0.4, -0.2) is 101 Å². The maximum atomic E-state index is 13.1. The van der Waals surface area contributed by atoms with Crippen molar-refractivity contribution in [2.24, 2.45) is 5.73 Å². The van der Waals surface area contributed by atoms with E-state index >= 15 is 0 Å². The van der Waals surface area contributed by atoms with E-state index < -0.39 is 17.0 Å².